The summed E-state index contributed by atoms with van der Waals surface area (Å²) in [4.78, 5) is 25.9. The molecular weight excluding hydrogens is 491 g/mol. The third kappa shape index (κ3) is 4.79. The number of benzene rings is 2. The van der Waals surface area contributed by atoms with Crippen LogP contribution in [0.5, 0.6) is 11.5 Å². The van der Waals surface area contributed by atoms with E-state index in [1.165, 1.54) is 16.8 Å². The highest BCUT2D eigenvalue weighted by atomic mass is 31.2. The molecule has 188 valence electrons. The average Bonchev–Trinajstić information content (AvgIpc) is 3.34. The van der Waals surface area contributed by atoms with Gasteiger partial charge in [-0.2, -0.15) is 0 Å². The van der Waals surface area contributed by atoms with Crippen molar-refractivity contribution in [3.05, 3.63) is 92.3 Å². The van der Waals surface area contributed by atoms with Crippen LogP contribution in [0.25, 0.3) is 11.1 Å². The normalized spacial score (nSPS) is 22.8. The van der Waals surface area contributed by atoms with Gasteiger partial charge in [0.2, 0.25) is 0 Å². The lowest BCUT2D eigenvalue weighted by atomic mass is 10.0. The molecule has 2 aliphatic heterocycles. The van der Waals surface area contributed by atoms with E-state index in [4.69, 9.17) is 18.3 Å². The summed E-state index contributed by atoms with van der Waals surface area (Å²) in [5.74, 6) is 0.364. The highest BCUT2D eigenvalue weighted by Gasteiger charge is 2.36. The molecule has 3 atom stereocenters. The highest BCUT2D eigenvalue weighted by Crippen LogP contribution is 2.55. The van der Waals surface area contributed by atoms with Crippen molar-refractivity contribution in [2.24, 2.45) is 0 Å². The maximum absolute atomic E-state index is 13.0. The first kappa shape index (κ1) is 24.2. The minimum Gasteiger partial charge on any atom is -0.508 e. The van der Waals surface area contributed by atoms with Crippen LogP contribution in [0.3, 0.4) is 0 Å². The summed E-state index contributed by atoms with van der Waals surface area (Å²) in [6.45, 7) is 1.13. The van der Waals surface area contributed by atoms with E-state index in [1.54, 1.807) is 43.3 Å². The number of phosphoric acid groups is 1. The Morgan fingerprint density at radius 3 is 2.75 bits per heavy atom. The number of aromatic amines is 1. The Bertz CT molecular complexity index is 1510. The molecule has 0 bridgehead atoms. The minimum absolute atomic E-state index is 0.0113. The van der Waals surface area contributed by atoms with Gasteiger partial charge in [0.25, 0.3) is 5.56 Å². The van der Waals surface area contributed by atoms with Gasteiger partial charge in [0.1, 0.15) is 17.6 Å². The van der Waals surface area contributed by atoms with Gasteiger partial charge in [-0.15, -0.1) is 0 Å². The summed E-state index contributed by atoms with van der Waals surface area (Å²) in [7, 11) is -3.92. The fourth-order valence-corrected chi connectivity index (χ4v) is 5.12. The largest absolute Gasteiger partial charge is 0.530 e. The number of aliphatic hydroxyl groups excluding tert-OH is 1. The van der Waals surface area contributed by atoms with Gasteiger partial charge in [-0.05, 0) is 48.4 Å². The van der Waals surface area contributed by atoms with E-state index in [0.29, 0.717) is 22.4 Å². The molecule has 3 aromatic rings. The molecule has 5 rings (SSSR count). The molecule has 1 unspecified atom stereocenters. The van der Waals surface area contributed by atoms with Gasteiger partial charge in [0, 0.05) is 22.9 Å². The van der Waals surface area contributed by atoms with Crippen molar-refractivity contribution in [3.8, 4) is 22.6 Å². The van der Waals surface area contributed by atoms with Crippen LogP contribution in [-0.2, 0) is 31.6 Å². The van der Waals surface area contributed by atoms with Crippen LogP contribution in [0.1, 0.15) is 22.9 Å². The number of aryl methyl sites for hydroxylation is 1. The number of fused-ring (bicyclic) bond motifs is 1. The fraction of sp³-hybridized carbons (Fsp3) is 0.250. The van der Waals surface area contributed by atoms with Crippen LogP contribution in [0.15, 0.2) is 64.3 Å². The summed E-state index contributed by atoms with van der Waals surface area (Å²) in [5, 5.41) is 19.2. The standard InChI is InChI=1S/C24H23N2O9P/c1-14-10-26(24(30)25-23(14)29)22-7-4-19(34-22)13-33-36(31)32-12-18-9-16(3-6-21(18)35-36)15-2-5-20(28)17(8-15)11-27/h2-10,19,22,27-28H,11-13H2,1H3,(H,25,29,30)/t19-,22+,36?/m0/s1. The number of aromatic nitrogens is 2. The molecule has 0 aliphatic carbocycles. The molecule has 0 saturated heterocycles. The van der Waals surface area contributed by atoms with Gasteiger partial charge < -0.3 is 19.5 Å². The van der Waals surface area contributed by atoms with Crippen molar-refractivity contribution >= 4 is 7.82 Å². The smallest absolute Gasteiger partial charge is 0.508 e. The predicted octanol–water partition coefficient (Wildman–Crippen LogP) is 2.90. The number of ether oxygens (including phenoxy) is 1. The van der Waals surface area contributed by atoms with E-state index in [1.807, 2.05) is 6.07 Å². The second-order valence-electron chi connectivity index (χ2n) is 8.36. The number of nitrogens with zero attached hydrogens (tertiary/aromatic N) is 1. The topological polar surface area (TPSA) is 149 Å². The first-order valence-electron chi connectivity index (χ1n) is 11.1. The number of aliphatic hydroxyl groups is 1. The lowest BCUT2D eigenvalue weighted by molar-refractivity contribution is -0.0130. The number of H-pyrrole nitrogens is 1. The Hall–Kier alpha value is -3.47. The highest BCUT2D eigenvalue weighted by molar-refractivity contribution is 7.49. The summed E-state index contributed by atoms with van der Waals surface area (Å²) in [6, 6.07) is 10.1. The van der Waals surface area contributed by atoms with Crippen molar-refractivity contribution in [1.82, 2.24) is 9.55 Å². The Balaban J connectivity index is 1.23. The minimum atomic E-state index is -3.92. The third-order valence-electron chi connectivity index (χ3n) is 5.85. The van der Waals surface area contributed by atoms with E-state index in [9.17, 15) is 24.4 Å². The SMILES string of the molecule is Cc1cn([C@H]2C=C[C@@H](COP3(=O)OCc4cc(-c5ccc(O)c(CO)c5)ccc4O3)O2)c(=O)[nH]c1=O. The second kappa shape index (κ2) is 9.53. The van der Waals surface area contributed by atoms with Crippen LogP contribution >= 0.6 is 7.82 Å². The van der Waals surface area contributed by atoms with E-state index in [-0.39, 0.29) is 25.6 Å². The molecule has 3 N–H and O–H groups in total. The lowest BCUT2D eigenvalue weighted by Gasteiger charge is -2.26. The summed E-state index contributed by atoms with van der Waals surface area (Å²) >= 11 is 0. The molecule has 0 amide bonds. The van der Waals surface area contributed by atoms with Gasteiger partial charge in [-0.25, -0.2) is 9.36 Å². The number of phenols is 1. The lowest BCUT2D eigenvalue weighted by Crippen LogP contribution is -2.33. The summed E-state index contributed by atoms with van der Waals surface area (Å²) < 4.78 is 36.5. The van der Waals surface area contributed by atoms with Crippen molar-refractivity contribution in [3.63, 3.8) is 0 Å². The molecule has 0 saturated carbocycles. The van der Waals surface area contributed by atoms with Crippen molar-refractivity contribution in [2.45, 2.75) is 32.5 Å². The number of aromatic hydroxyl groups is 1. The van der Waals surface area contributed by atoms with Crippen molar-refractivity contribution in [2.75, 3.05) is 6.61 Å². The van der Waals surface area contributed by atoms with Gasteiger partial charge in [0.05, 0.1) is 19.8 Å². The third-order valence-corrected chi connectivity index (χ3v) is 7.18. The zero-order valence-corrected chi connectivity index (χ0v) is 20.0. The Labute approximate surface area is 204 Å². The van der Waals surface area contributed by atoms with Crippen LogP contribution in [0.4, 0.5) is 0 Å². The molecule has 1 aromatic heterocycles. The first-order chi connectivity index (χ1) is 17.2. The maximum Gasteiger partial charge on any atom is 0.530 e. The molecule has 3 heterocycles. The van der Waals surface area contributed by atoms with Crippen molar-refractivity contribution < 1.29 is 33.1 Å². The number of nitrogens with one attached hydrogen (secondary N) is 1. The number of hydrogen-bond donors (Lipinski definition) is 3. The van der Waals surface area contributed by atoms with Gasteiger partial charge in [0.15, 0.2) is 6.23 Å². The van der Waals surface area contributed by atoms with Crippen LogP contribution in [0, 0.1) is 6.92 Å². The van der Waals surface area contributed by atoms with Crippen LogP contribution < -0.4 is 15.8 Å². The quantitative estimate of drug-likeness (QED) is 0.333. The Kier molecular flexibility index (Phi) is 6.42. The van der Waals surface area contributed by atoms with Crippen molar-refractivity contribution in [1.29, 1.82) is 0 Å². The molecule has 2 aliphatic rings. The number of rotatable bonds is 6. The average molecular weight is 514 g/mol. The fourth-order valence-electron chi connectivity index (χ4n) is 3.89. The molecule has 0 spiro atoms. The van der Waals surface area contributed by atoms with Gasteiger partial charge >= 0.3 is 13.5 Å². The summed E-state index contributed by atoms with van der Waals surface area (Å²) in [6.07, 6.45) is 3.33. The molecule has 11 nitrogen and oxygen atoms in total. The van der Waals surface area contributed by atoms with E-state index < -0.39 is 31.4 Å². The van der Waals surface area contributed by atoms with E-state index >= 15 is 0 Å². The summed E-state index contributed by atoms with van der Waals surface area (Å²) in [5.41, 5.74) is 1.93. The molecule has 0 fully saturated rings. The zero-order valence-electron chi connectivity index (χ0n) is 19.1. The van der Waals surface area contributed by atoms with Crippen LogP contribution in [-0.4, -0.2) is 32.5 Å². The Morgan fingerprint density at radius 1 is 1.17 bits per heavy atom. The second-order valence-corrected chi connectivity index (χ2v) is 9.95. The van der Waals surface area contributed by atoms with Gasteiger partial charge in [-0.1, -0.05) is 18.2 Å². The first-order valence-corrected chi connectivity index (χ1v) is 12.5. The molecule has 12 heteroatoms. The molecule has 2 aromatic carbocycles. The Morgan fingerprint density at radius 2 is 1.94 bits per heavy atom. The van der Waals surface area contributed by atoms with E-state index in [0.717, 1.165) is 11.1 Å². The maximum atomic E-state index is 13.0. The molecule has 36 heavy (non-hydrogen) atoms. The van der Waals surface area contributed by atoms with Gasteiger partial charge in [-0.3, -0.25) is 23.4 Å². The number of hydrogen-bond acceptors (Lipinski definition) is 9. The molecular formula is C24H23N2O9P. The van der Waals surface area contributed by atoms with Crippen LogP contribution in [0.2, 0.25) is 0 Å². The van der Waals surface area contributed by atoms with E-state index in [2.05, 4.69) is 4.98 Å². The monoisotopic (exact) mass is 514 g/mol. The predicted molar refractivity (Wildman–Crippen MR) is 128 cm³/mol. The zero-order chi connectivity index (χ0) is 25.4. The molecule has 0 radical (unpaired) electrons. The number of phosphoric ester groups is 1.